The summed E-state index contributed by atoms with van der Waals surface area (Å²) < 4.78 is 0. The summed E-state index contributed by atoms with van der Waals surface area (Å²) in [6.45, 7) is 1.17. The Morgan fingerprint density at radius 2 is 1.33 bits per heavy atom. The summed E-state index contributed by atoms with van der Waals surface area (Å²) in [4.78, 5) is 14.9. The van der Waals surface area contributed by atoms with Crippen LogP contribution in [0.3, 0.4) is 0 Å². The van der Waals surface area contributed by atoms with E-state index in [9.17, 15) is 4.79 Å². The number of hydrogen-bond donors (Lipinski definition) is 0. The fourth-order valence-electron chi connectivity index (χ4n) is 2.96. The summed E-state index contributed by atoms with van der Waals surface area (Å²) in [6.07, 6.45) is 0.996. The highest BCUT2D eigenvalue weighted by molar-refractivity contribution is 6.35. The van der Waals surface area contributed by atoms with Gasteiger partial charge in [-0.3, -0.25) is 4.79 Å². The fourth-order valence-corrected chi connectivity index (χ4v) is 3.47. The molecule has 0 saturated carbocycles. The second kappa shape index (κ2) is 9.59. The highest BCUT2D eigenvalue weighted by Gasteiger charge is 2.15. The number of benzene rings is 3. The summed E-state index contributed by atoms with van der Waals surface area (Å²) >= 11 is 12.2. The number of halogens is 2. The van der Waals surface area contributed by atoms with Crippen LogP contribution in [-0.4, -0.2) is 10.8 Å². The van der Waals surface area contributed by atoms with E-state index in [0.29, 0.717) is 36.0 Å². The first-order chi connectivity index (χ1) is 13.1. The smallest absolute Gasteiger partial charge is 0.223 e. The predicted molar refractivity (Wildman–Crippen MR) is 112 cm³/mol. The van der Waals surface area contributed by atoms with Gasteiger partial charge in [0.25, 0.3) is 0 Å². The Morgan fingerprint density at radius 1 is 0.778 bits per heavy atom. The maximum Gasteiger partial charge on any atom is 0.223 e. The molecule has 1 amide bonds. The van der Waals surface area contributed by atoms with Crippen molar-refractivity contribution in [1.82, 2.24) is 4.90 Å². The third-order valence-corrected chi connectivity index (χ3v) is 5.00. The zero-order chi connectivity index (χ0) is 19.1. The van der Waals surface area contributed by atoms with Gasteiger partial charge in [0.15, 0.2) is 0 Å². The van der Waals surface area contributed by atoms with Gasteiger partial charge in [-0.2, -0.15) is 0 Å². The molecular formula is C23H21Cl2NO. The molecule has 0 aromatic heterocycles. The lowest BCUT2D eigenvalue weighted by Crippen LogP contribution is -2.30. The molecule has 0 heterocycles. The molecule has 27 heavy (non-hydrogen) atoms. The number of nitrogens with zero attached hydrogens (tertiary/aromatic N) is 1. The van der Waals surface area contributed by atoms with Gasteiger partial charge in [0, 0.05) is 29.6 Å². The van der Waals surface area contributed by atoms with E-state index in [-0.39, 0.29) is 5.91 Å². The number of hydrogen-bond acceptors (Lipinski definition) is 1. The van der Waals surface area contributed by atoms with Crippen molar-refractivity contribution in [2.24, 2.45) is 0 Å². The van der Waals surface area contributed by atoms with Crippen LogP contribution >= 0.6 is 23.2 Å². The van der Waals surface area contributed by atoms with Crippen molar-refractivity contribution in [3.8, 4) is 0 Å². The highest BCUT2D eigenvalue weighted by Crippen LogP contribution is 2.22. The maximum absolute atomic E-state index is 13.0. The topological polar surface area (TPSA) is 20.3 Å². The van der Waals surface area contributed by atoms with Gasteiger partial charge in [-0.1, -0.05) is 89.9 Å². The number of rotatable bonds is 7. The summed E-state index contributed by atoms with van der Waals surface area (Å²) in [5, 5.41) is 1.21. The summed E-state index contributed by atoms with van der Waals surface area (Å²) in [5.41, 5.74) is 3.17. The van der Waals surface area contributed by atoms with Crippen LogP contribution in [0.2, 0.25) is 10.0 Å². The molecule has 138 valence electrons. The Balaban J connectivity index is 1.71. The van der Waals surface area contributed by atoms with Gasteiger partial charge < -0.3 is 4.90 Å². The molecule has 0 atom stereocenters. The molecule has 0 radical (unpaired) electrons. The van der Waals surface area contributed by atoms with Crippen molar-refractivity contribution in [2.45, 2.75) is 25.9 Å². The van der Waals surface area contributed by atoms with Gasteiger partial charge in [0.05, 0.1) is 0 Å². The fraction of sp³-hybridized carbons (Fsp3) is 0.174. The van der Waals surface area contributed by atoms with Gasteiger partial charge in [-0.05, 0) is 35.2 Å². The van der Waals surface area contributed by atoms with Crippen LogP contribution in [0.5, 0.6) is 0 Å². The molecule has 0 N–H and O–H groups in total. The predicted octanol–water partition coefficient (Wildman–Crippen LogP) is 6.16. The molecule has 0 aliphatic carbocycles. The van der Waals surface area contributed by atoms with Gasteiger partial charge in [0.1, 0.15) is 0 Å². The first kappa shape index (κ1) is 19.5. The molecule has 3 aromatic carbocycles. The number of carbonyl (C=O) groups excluding carboxylic acids is 1. The Kier molecular flexibility index (Phi) is 6.92. The van der Waals surface area contributed by atoms with Crippen molar-refractivity contribution >= 4 is 29.1 Å². The monoisotopic (exact) mass is 397 g/mol. The third kappa shape index (κ3) is 5.85. The molecular weight excluding hydrogens is 377 g/mol. The molecule has 0 spiro atoms. The van der Waals surface area contributed by atoms with E-state index in [1.807, 2.05) is 71.6 Å². The minimum atomic E-state index is 0.105. The zero-order valence-electron chi connectivity index (χ0n) is 14.9. The van der Waals surface area contributed by atoms with Crippen LogP contribution in [0, 0.1) is 0 Å². The van der Waals surface area contributed by atoms with Crippen molar-refractivity contribution in [3.63, 3.8) is 0 Å². The van der Waals surface area contributed by atoms with Gasteiger partial charge in [-0.15, -0.1) is 0 Å². The third-order valence-electron chi connectivity index (χ3n) is 4.41. The van der Waals surface area contributed by atoms with Gasteiger partial charge >= 0.3 is 0 Å². The van der Waals surface area contributed by atoms with E-state index in [0.717, 1.165) is 16.7 Å². The van der Waals surface area contributed by atoms with Crippen molar-refractivity contribution in [1.29, 1.82) is 0 Å². The largest absolute Gasteiger partial charge is 0.334 e. The highest BCUT2D eigenvalue weighted by atomic mass is 35.5. The van der Waals surface area contributed by atoms with Crippen molar-refractivity contribution in [3.05, 3.63) is 106 Å². The van der Waals surface area contributed by atoms with Crippen LogP contribution in [0.25, 0.3) is 0 Å². The van der Waals surface area contributed by atoms with Gasteiger partial charge in [-0.25, -0.2) is 0 Å². The molecule has 2 nitrogen and oxygen atoms in total. The standard InChI is InChI=1S/C23H21Cl2NO/c24-21-13-11-20(22(25)15-21)12-14-23(27)26(16-18-7-3-1-4-8-18)17-19-9-5-2-6-10-19/h1-11,13,15H,12,14,16-17H2. The first-order valence-electron chi connectivity index (χ1n) is 8.91. The van der Waals surface area contributed by atoms with Crippen LogP contribution in [0.15, 0.2) is 78.9 Å². The van der Waals surface area contributed by atoms with E-state index < -0.39 is 0 Å². The second-order valence-electron chi connectivity index (χ2n) is 6.46. The van der Waals surface area contributed by atoms with E-state index in [2.05, 4.69) is 0 Å². The summed E-state index contributed by atoms with van der Waals surface area (Å²) in [7, 11) is 0. The molecule has 0 saturated heterocycles. The number of amides is 1. The zero-order valence-corrected chi connectivity index (χ0v) is 16.5. The lowest BCUT2D eigenvalue weighted by atomic mass is 10.1. The molecule has 0 unspecified atom stereocenters. The van der Waals surface area contributed by atoms with Crippen LogP contribution in [0.4, 0.5) is 0 Å². The molecule has 3 rings (SSSR count). The SMILES string of the molecule is O=C(CCc1ccc(Cl)cc1Cl)N(Cc1ccccc1)Cc1ccccc1. The maximum atomic E-state index is 13.0. The van der Waals surface area contributed by atoms with E-state index in [1.54, 1.807) is 12.1 Å². The quantitative estimate of drug-likeness (QED) is 0.467. The lowest BCUT2D eigenvalue weighted by molar-refractivity contribution is -0.132. The van der Waals surface area contributed by atoms with Gasteiger partial charge in [0.2, 0.25) is 5.91 Å². The average molecular weight is 398 g/mol. The number of carbonyl (C=O) groups is 1. The van der Waals surface area contributed by atoms with Crippen LogP contribution in [0.1, 0.15) is 23.1 Å². The van der Waals surface area contributed by atoms with Crippen LogP contribution in [-0.2, 0) is 24.3 Å². The molecule has 0 aliphatic rings. The Morgan fingerprint density at radius 3 is 1.85 bits per heavy atom. The minimum Gasteiger partial charge on any atom is -0.334 e. The average Bonchev–Trinajstić information content (AvgIpc) is 2.68. The Labute approximate surface area is 170 Å². The Bertz CT molecular complexity index is 840. The Hall–Kier alpha value is -2.29. The van der Waals surface area contributed by atoms with E-state index in [4.69, 9.17) is 23.2 Å². The van der Waals surface area contributed by atoms with E-state index in [1.165, 1.54) is 0 Å². The summed E-state index contributed by atoms with van der Waals surface area (Å²) in [6, 6.07) is 25.5. The molecule has 0 bridgehead atoms. The lowest BCUT2D eigenvalue weighted by Gasteiger charge is -2.23. The second-order valence-corrected chi connectivity index (χ2v) is 7.30. The molecule has 4 heteroatoms. The molecule has 0 fully saturated rings. The van der Waals surface area contributed by atoms with E-state index >= 15 is 0 Å². The minimum absolute atomic E-state index is 0.105. The van der Waals surface area contributed by atoms with Crippen molar-refractivity contribution < 1.29 is 4.79 Å². The van der Waals surface area contributed by atoms with Crippen LogP contribution < -0.4 is 0 Å². The van der Waals surface area contributed by atoms with Crippen molar-refractivity contribution in [2.75, 3.05) is 0 Å². The normalized spacial score (nSPS) is 10.6. The molecule has 3 aromatic rings. The molecule has 0 aliphatic heterocycles. The number of aryl methyl sites for hydroxylation is 1. The summed E-state index contributed by atoms with van der Waals surface area (Å²) in [5.74, 6) is 0.105. The first-order valence-corrected chi connectivity index (χ1v) is 9.67.